The number of likely N-dealkylation sites (N-methyl/N-ethyl adjacent to an activating group) is 1. The van der Waals surface area contributed by atoms with Gasteiger partial charge >= 0.3 is 0 Å². The molecule has 1 aliphatic heterocycles. The zero-order valence-corrected chi connectivity index (χ0v) is 7.93. The number of ether oxygens (including phenoxy) is 1. The van der Waals surface area contributed by atoms with E-state index in [1.54, 1.807) is 30.4 Å². The molecule has 0 amide bonds. The van der Waals surface area contributed by atoms with Crippen molar-refractivity contribution < 1.29 is 9.13 Å². The van der Waals surface area contributed by atoms with Crippen LogP contribution in [-0.2, 0) is 4.74 Å². The fraction of sp³-hybridized carbons (Fsp3) is 0.556. The van der Waals surface area contributed by atoms with Gasteiger partial charge in [-0.2, -0.15) is 0 Å². The van der Waals surface area contributed by atoms with E-state index in [0.717, 1.165) is 0 Å². The summed E-state index contributed by atoms with van der Waals surface area (Å²) in [4.78, 5) is 9.82. The summed E-state index contributed by atoms with van der Waals surface area (Å²) in [7, 11) is 1.78. The highest BCUT2D eigenvalue weighted by Crippen LogP contribution is 2.18. The Balaban J connectivity index is 2.12. The Bertz CT molecular complexity index is 295. The first-order chi connectivity index (χ1) is 6.79. The molecule has 0 spiro atoms. The molecule has 0 radical (unpaired) electrons. The number of aromatic nitrogens is 2. The summed E-state index contributed by atoms with van der Waals surface area (Å²) < 4.78 is 18.3. The second-order valence-corrected chi connectivity index (χ2v) is 3.28. The largest absolute Gasteiger partial charge is 0.376 e. The molecular weight excluding hydrogens is 185 g/mol. The lowest BCUT2D eigenvalue weighted by atomic mass is 10.2. The highest BCUT2D eigenvalue weighted by Gasteiger charge is 2.32. The zero-order valence-electron chi connectivity index (χ0n) is 7.93. The van der Waals surface area contributed by atoms with Gasteiger partial charge < -0.3 is 9.64 Å². The predicted molar refractivity (Wildman–Crippen MR) is 49.9 cm³/mol. The maximum absolute atomic E-state index is 13.3. The van der Waals surface area contributed by atoms with Crippen LogP contribution in [0.5, 0.6) is 0 Å². The number of rotatable bonds is 2. The molecule has 1 aromatic heterocycles. The molecule has 0 bridgehead atoms. The van der Waals surface area contributed by atoms with Crippen LogP contribution in [0.4, 0.5) is 10.3 Å². The lowest BCUT2D eigenvalue weighted by molar-refractivity contribution is 0.173. The number of alkyl halides is 1. The Morgan fingerprint density at radius 1 is 1.43 bits per heavy atom. The molecule has 0 aromatic carbocycles. The van der Waals surface area contributed by atoms with Crippen LogP contribution < -0.4 is 4.90 Å². The average Bonchev–Trinajstić information content (AvgIpc) is 2.65. The van der Waals surface area contributed by atoms with E-state index >= 15 is 0 Å². The van der Waals surface area contributed by atoms with Crippen LogP contribution in [0.1, 0.15) is 0 Å². The van der Waals surface area contributed by atoms with Crippen molar-refractivity contribution in [1.82, 2.24) is 9.97 Å². The smallest absolute Gasteiger partial charge is 0.225 e. The van der Waals surface area contributed by atoms with Crippen LogP contribution in [0.2, 0.25) is 0 Å². The molecule has 0 N–H and O–H groups in total. The molecule has 1 fully saturated rings. The molecule has 0 saturated carbocycles. The summed E-state index contributed by atoms with van der Waals surface area (Å²) in [6.45, 7) is 0.567. The minimum atomic E-state index is -0.955. The summed E-state index contributed by atoms with van der Waals surface area (Å²) in [6.07, 6.45) is 2.33. The molecule has 0 aliphatic carbocycles. The van der Waals surface area contributed by atoms with Crippen LogP contribution >= 0.6 is 0 Å². The maximum Gasteiger partial charge on any atom is 0.225 e. The number of hydrogen-bond donors (Lipinski definition) is 0. The van der Waals surface area contributed by atoms with Gasteiger partial charge in [0.25, 0.3) is 0 Å². The number of halogens is 1. The molecule has 2 heterocycles. The Hall–Kier alpha value is -1.23. The maximum atomic E-state index is 13.3. The highest BCUT2D eigenvalue weighted by molar-refractivity contribution is 5.30. The van der Waals surface area contributed by atoms with Crippen molar-refractivity contribution in [2.24, 2.45) is 0 Å². The minimum absolute atomic E-state index is 0.168. The summed E-state index contributed by atoms with van der Waals surface area (Å²) in [5.41, 5.74) is 0. The van der Waals surface area contributed by atoms with E-state index in [0.29, 0.717) is 12.6 Å². The third-order valence-corrected chi connectivity index (χ3v) is 2.35. The molecule has 1 aliphatic rings. The van der Waals surface area contributed by atoms with Crippen molar-refractivity contribution in [2.45, 2.75) is 12.2 Å². The van der Waals surface area contributed by atoms with Crippen molar-refractivity contribution in [3.63, 3.8) is 0 Å². The van der Waals surface area contributed by atoms with Gasteiger partial charge in [0.05, 0.1) is 19.3 Å². The standard InChI is InChI=1S/C9H12FN3O/c1-13(8-6-14-5-7(8)10)9-11-3-2-4-12-9/h2-4,7-8H,5-6H2,1H3. The van der Waals surface area contributed by atoms with Crippen molar-refractivity contribution in [3.05, 3.63) is 18.5 Å². The molecule has 76 valence electrons. The second-order valence-electron chi connectivity index (χ2n) is 3.28. The number of nitrogens with zero attached hydrogens (tertiary/aromatic N) is 3. The fourth-order valence-corrected chi connectivity index (χ4v) is 1.49. The summed E-state index contributed by atoms with van der Waals surface area (Å²) in [5.74, 6) is 0.533. The average molecular weight is 197 g/mol. The monoisotopic (exact) mass is 197 g/mol. The first kappa shape index (κ1) is 9.33. The van der Waals surface area contributed by atoms with E-state index in [-0.39, 0.29) is 12.6 Å². The van der Waals surface area contributed by atoms with Crippen molar-refractivity contribution >= 4 is 5.95 Å². The Kier molecular flexibility index (Phi) is 2.58. The third-order valence-electron chi connectivity index (χ3n) is 2.35. The molecule has 1 saturated heterocycles. The van der Waals surface area contributed by atoms with Crippen LogP contribution in [0.15, 0.2) is 18.5 Å². The fourth-order valence-electron chi connectivity index (χ4n) is 1.49. The van der Waals surface area contributed by atoms with E-state index in [1.807, 2.05) is 0 Å². The van der Waals surface area contributed by atoms with Crippen LogP contribution in [0.3, 0.4) is 0 Å². The van der Waals surface area contributed by atoms with Gasteiger partial charge in [0.2, 0.25) is 5.95 Å². The van der Waals surface area contributed by atoms with E-state index in [9.17, 15) is 4.39 Å². The Labute approximate surface area is 81.7 Å². The van der Waals surface area contributed by atoms with Gasteiger partial charge in [-0.25, -0.2) is 14.4 Å². The molecule has 4 nitrogen and oxygen atoms in total. The van der Waals surface area contributed by atoms with Gasteiger partial charge in [0.1, 0.15) is 6.17 Å². The molecule has 2 atom stereocenters. The van der Waals surface area contributed by atoms with Crippen molar-refractivity contribution in [3.8, 4) is 0 Å². The van der Waals surface area contributed by atoms with Crippen LogP contribution in [0.25, 0.3) is 0 Å². The van der Waals surface area contributed by atoms with Crippen molar-refractivity contribution in [2.75, 3.05) is 25.2 Å². The van der Waals surface area contributed by atoms with E-state index < -0.39 is 6.17 Å². The lowest BCUT2D eigenvalue weighted by Crippen LogP contribution is -2.39. The number of anilines is 1. The predicted octanol–water partition coefficient (Wildman–Crippen LogP) is 0.650. The van der Waals surface area contributed by atoms with Gasteiger partial charge in [-0.15, -0.1) is 0 Å². The minimum Gasteiger partial charge on any atom is -0.376 e. The first-order valence-corrected chi connectivity index (χ1v) is 4.50. The van der Waals surface area contributed by atoms with Gasteiger partial charge in [-0.1, -0.05) is 0 Å². The summed E-state index contributed by atoms with van der Waals surface area (Å²) in [5, 5.41) is 0. The molecule has 1 aromatic rings. The number of hydrogen-bond acceptors (Lipinski definition) is 4. The first-order valence-electron chi connectivity index (χ1n) is 4.50. The van der Waals surface area contributed by atoms with Crippen molar-refractivity contribution in [1.29, 1.82) is 0 Å². The van der Waals surface area contributed by atoms with Crippen LogP contribution in [0, 0.1) is 0 Å². The quantitative estimate of drug-likeness (QED) is 0.697. The van der Waals surface area contributed by atoms with E-state index in [4.69, 9.17) is 4.74 Å². The topological polar surface area (TPSA) is 38.2 Å². The SMILES string of the molecule is CN(c1ncccn1)C1COCC1F. The summed E-state index contributed by atoms with van der Waals surface area (Å²) in [6, 6.07) is 1.47. The van der Waals surface area contributed by atoms with E-state index in [2.05, 4.69) is 9.97 Å². The second kappa shape index (κ2) is 3.88. The lowest BCUT2D eigenvalue weighted by Gasteiger charge is -2.24. The molecular formula is C9H12FN3O. The Morgan fingerprint density at radius 2 is 2.14 bits per heavy atom. The molecule has 2 unspecified atom stereocenters. The van der Waals surface area contributed by atoms with Crippen LogP contribution in [-0.4, -0.2) is 42.4 Å². The summed E-state index contributed by atoms with van der Waals surface area (Å²) >= 11 is 0. The highest BCUT2D eigenvalue weighted by atomic mass is 19.1. The normalized spacial score (nSPS) is 26.4. The zero-order chi connectivity index (χ0) is 9.97. The van der Waals surface area contributed by atoms with E-state index in [1.165, 1.54) is 0 Å². The van der Waals surface area contributed by atoms with Gasteiger partial charge in [0.15, 0.2) is 0 Å². The molecule has 5 heteroatoms. The van der Waals surface area contributed by atoms with Gasteiger partial charge in [-0.05, 0) is 6.07 Å². The molecule has 2 rings (SSSR count). The Morgan fingerprint density at radius 3 is 2.71 bits per heavy atom. The van der Waals surface area contributed by atoms with Gasteiger partial charge in [0, 0.05) is 19.4 Å². The van der Waals surface area contributed by atoms with Gasteiger partial charge in [-0.3, -0.25) is 0 Å². The molecule has 14 heavy (non-hydrogen) atoms. The third kappa shape index (κ3) is 1.68.